The van der Waals surface area contributed by atoms with Crippen molar-refractivity contribution in [1.82, 2.24) is 4.90 Å². The lowest BCUT2D eigenvalue weighted by molar-refractivity contribution is -0.122. The number of carbonyl (C=O) groups is 2. The summed E-state index contributed by atoms with van der Waals surface area (Å²) in [4.78, 5) is 25.7. The number of nitriles is 1. The van der Waals surface area contributed by atoms with Crippen LogP contribution in [-0.2, 0) is 11.4 Å². The van der Waals surface area contributed by atoms with E-state index in [1.54, 1.807) is 24.3 Å². The van der Waals surface area contributed by atoms with Gasteiger partial charge in [0.2, 0.25) is 0 Å². The number of imide groups is 1. The molecular weight excluding hydrogens is 515 g/mol. The normalized spacial score (nSPS) is 14.5. The molecule has 2 amide bonds. The topological polar surface area (TPSA) is 79.6 Å². The van der Waals surface area contributed by atoms with Crippen LogP contribution in [0, 0.1) is 27.2 Å². The summed E-state index contributed by atoms with van der Waals surface area (Å²) in [6.07, 6.45) is 6.85. The molecule has 1 aliphatic rings. The molecule has 1 heterocycles. The number of carbonyl (C=O) groups excluding carboxylic acids is 2. The lowest BCUT2D eigenvalue weighted by Gasteiger charge is -2.14. The molecule has 0 spiro atoms. The average Bonchev–Trinajstić information content (AvgIpc) is 3.00. The summed E-state index contributed by atoms with van der Waals surface area (Å²) in [6.45, 7) is 0.153. The van der Waals surface area contributed by atoms with Gasteiger partial charge in [-0.15, -0.1) is 6.42 Å². The molecule has 6 nitrogen and oxygen atoms in total. The number of thioether (sulfide) groups is 1. The highest BCUT2D eigenvalue weighted by atomic mass is 127. The first-order valence-electron chi connectivity index (χ1n) is 8.65. The summed E-state index contributed by atoms with van der Waals surface area (Å²) in [7, 11) is 1.52. The van der Waals surface area contributed by atoms with Crippen LogP contribution in [0.2, 0.25) is 0 Å². The summed E-state index contributed by atoms with van der Waals surface area (Å²) in [6, 6.07) is 12.9. The van der Waals surface area contributed by atoms with E-state index in [4.69, 9.17) is 15.9 Å². The van der Waals surface area contributed by atoms with E-state index in [2.05, 4.69) is 34.6 Å². The molecule has 2 aromatic rings. The van der Waals surface area contributed by atoms with Crippen LogP contribution in [0.25, 0.3) is 6.08 Å². The quantitative estimate of drug-likeness (QED) is 0.313. The molecule has 0 saturated carbocycles. The lowest BCUT2D eigenvalue weighted by atomic mass is 10.1. The van der Waals surface area contributed by atoms with Gasteiger partial charge in [0.25, 0.3) is 11.1 Å². The van der Waals surface area contributed by atoms with Crippen molar-refractivity contribution in [1.29, 1.82) is 5.26 Å². The number of halogens is 1. The Balaban J connectivity index is 1.86. The summed E-state index contributed by atoms with van der Waals surface area (Å²) >= 11 is 2.96. The standard InChI is InChI=1S/C22H15IN2O4S/c1-3-8-25-21(26)19(30-22(25)27)11-14-9-17(23)20(18(10-14)28-2)29-13-16-7-5-4-6-15(16)12-24/h1,4-7,9-11H,8,13H2,2H3/b19-11+. The van der Waals surface area contributed by atoms with Gasteiger partial charge in [-0.2, -0.15) is 5.26 Å². The van der Waals surface area contributed by atoms with Gasteiger partial charge in [0.05, 0.1) is 33.8 Å². The van der Waals surface area contributed by atoms with E-state index in [1.165, 1.54) is 7.11 Å². The zero-order valence-electron chi connectivity index (χ0n) is 15.8. The average molecular weight is 530 g/mol. The van der Waals surface area contributed by atoms with E-state index in [9.17, 15) is 14.9 Å². The molecule has 0 radical (unpaired) electrons. The van der Waals surface area contributed by atoms with E-state index >= 15 is 0 Å². The van der Waals surface area contributed by atoms with Gasteiger partial charge in [-0.05, 0) is 64.2 Å². The first-order chi connectivity index (χ1) is 14.5. The van der Waals surface area contributed by atoms with Crippen LogP contribution in [0.15, 0.2) is 41.3 Å². The molecule has 0 aliphatic carbocycles. The minimum absolute atomic E-state index is 0.0557. The molecule has 1 fully saturated rings. The third-order valence-electron chi connectivity index (χ3n) is 4.18. The summed E-state index contributed by atoms with van der Waals surface area (Å²) in [5.74, 6) is 2.91. The van der Waals surface area contributed by atoms with Gasteiger partial charge in [0, 0.05) is 5.56 Å². The molecule has 0 N–H and O–H groups in total. The second-order valence-corrected chi connectivity index (χ2v) is 8.22. The molecular formula is C22H15IN2O4S. The Kier molecular flexibility index (Phi) is 7.03. The van der Waals surface area contributed by atoms with E-state index in [1.807, 2.05) is 18.2 Å². The number of nitrogens with zero attached hydrogens (tertiary/aromatic N) is 2. The van der Waals surface area contributed by atoms with Crippen LogP contribution in [0.1, 0.15) is 16.7 Å². The number of methoxy groups -OCH3 is 1. The van der Waals surface area contributed by atoms with Crippen molar-refractivity contribution in [3.05, 3.63) is 61.6 Å². The monoisotopic (exact) mass is 530 g/mol. The van der Waals surface area contributed by atoms with Gasteiger partial charge in [-0.3, -0.25) is 14.5 Å². The van der Waals surface area contributed by atoms with E-state index in [-0.39, 0.29) is 18.4 Å². The maximum Gasteiger partial charge on any atom is 0.294 e. The largest absolute Gasteiger partial charge is 0.493 e. The SMILES string of the molecule is C#CCN1C(=O)S/C(=C/c2cc(I)c(OCc3ccccc3C#N)c(OC)c2)C1=O. The van der Waals surface area contributed by atoms with Crippen LogP contribution >= 0.6 is 34.4 Å². The predicted octanol–water partition coefficient (Wildman–Crippen LogP) is 4.42. The number of hydrogen-bond acceptors (Lipinski definition) is 6. The second kappa shape index (κ2) is 9.70. The Morgan fingerprint density at radius 1 is 1.30 bits per heavy atom. The number of terminal acetylenes is 1. The molecule has 30 heavy (non-hydrogen) atoms. The molecule has 8 heteroatoms. The molecule has 150 valence electrons. The summed E-state index contributed by atoms with van der Waals surface area (Å²) in [5.41, 5.74) is 2.00. The Morgan fingerprint density at radius 2 is 2.07 bits per heavy atom. The highest BCUT2D eigenvalue weighted by molar-refractivity contribution is 14.1. The number of hydrogen-bond donors (Lipinski definition) is 0. The molecule has 1 aliphatic heterocycles. The maximum absolute atomic E-state index is 12.4. The highest BCUT2D eigenvalue weighted by Gasteiger charge is 2.34. The van der Waals surface area contributed by atoms with Crippen molar-refractivity contribution >= 4 is 51.6 Å². The van der Waals surface area contributed by atoms with Gasteiger partial charge in [-0.25, -0.2) is 0 Å². The van der Waals surface area contributed by atoms with Crippen LogP contribution in [0.3, 0.4) is 0 Å². The molecule has 3 rings (SSSR count). The van der Waals surface area contributed by atoms with Crippen LogP contribution in [-0.4, -0.2) is 29.7 Å². The predicted molar refractivity (Wildman–Crippen MR) is 123 cm³/mol. The number of benzene rings is 2. The fourth-order valence-corrected chi connectivity index (χ4v) is 4.37. The minimum Gasteiger partial charge on any atom is -0.493 e. The number of amides is 2. The first kappa shape index (κ1) is 21.8. The van der Waals surface area contributed by atoms with Crippen molar-refractivity contribution in [2.24, 2.45) is 0 Å². The Labute approximate surface area is 192 Å². The summed E-state index contributed by atoms with van der Waals surface area (Å²) < 4.78 is 12.2. The Morgan fingerprint density at radius 3 is 2.77 bits per heavy atom. The first-order valence-corrected chi connectivity index (χ1v) is 10.5. The van der Waals surface area contributed by atoms with Crippen molar-refractivity contribution in [3.63, 3.8) is 0 Å². The number of ether oxygens (including phenoxy) is 2. The van der Waals surface area contributed by atoms with E-state index in [0.717, 1.165) is 25.8 Å². The zero-order chi connectivity index (χ0) is 21.7. The van der Waals surface area contributed by atoms with Crippen LogP contribution in [0.4, 0.5) is 4.79 Å². The summed E-state index contributed by atoms with van der Waals surface area (Å²) in [5, 5.41) is 8.84. The molecule has 0 bridgehead atoms. The van der Waals surface area contributed by atoms with Gasteiger partial charge >= 0.3 is 0 Å². The lowest BCUT2D eigenvalue weighted by Crippen LogP contribution is -2.28. The molecule has 0 unspecified atom stereocenters. The molecule has 1 saturated heterocycles. The zero-order valence-corrected chi connectivity index (χ0v) is 18.8. The van der Waals surface area contributed by atoms with Crippen LogP contribution in [0.5, 0.6) is 11.5 Å². The van der Waals surface area contributed by atoms with Gasteiger partial charge in [0.1, 0.15) is 6.61 Å². The fourth-order valence-electron chi connectivity index (χ4n) is 2.75. The van der Waals surface area contributed by atoms with Gasteiger partial charge in [-0.1, -0.05) is 24.1 Å². The van der Waals surface area contributed by atoms with Crippen molar-refractivity contribution in [2.75, 3.05) is 13.7 Å². The highest BCUT2D eigenvalue weighted by Crippen LogP contribution is 2.37. The van der Waals surface area contributed by atoms with Gasteiger partial charge in [0.15, 0.2) is 11.5 Å². The Bertz CT molecular complexity index is 1130. The van der Waals surface area contributed by atoms with Gasteiger partial charge < -0.3 is 9.47 Å². The van der Waals surface area contributed by atoms with Crippen molar-refractivity contribution < 1.29 is 19.1 Å². The fraction of sp³-hybridized carbons (Fsp3) is 0.136. The Hall–Kier alpha value is -2.95. The number of rotatable bonds is 6. The van der Waals surface area contributed by atoms with Crippen molar-refractivity contribution in [3.8, 4) is 29.9 Å². The third-order valence-corrected chi connectivity index (χ3v) is 5.89. The molecule has 2 aromatic carbocycles. The van der Waals surface area contributed by atoms with Crippen LogP contribution < -0.4 is 9.47 Å². The minimum atomic E-state index is -0.412. The smallest absolute Gasteiger partial charge is 0.294 e. The van der Waals surface area contributed by atoms with E-state index < -0.39 is 5.91 Å². The van der Waals surface area contributed by atoms with Crippen molar-refractivity contribution in [2.45, 2.75) is 6.61 Å². The molecule has 0 aromatic heterocycles. The third kappa shape index (κ3) is 4.61. The van der Waals surface area contributed by atoms with E-state index in [0.29, 0.717) is 27.5 Å². The second-order valence-electron chi connectivity index (χ2n) is 6.06. The maximum atomic E-state index is 12.4. The molecule has 0 atom stereocenters.